The maximum absolute atomic E-state index is 14.5. The Morgan fingerprint density at radius 3 is 1.11 bits per heavy atom. The van der Waals surface area contributed by atoms with Crippen molar-refractivity contribution in [3.05, 3.63) is 35.9 Å². The van der Waals surface area contributed by atoms with Gasteiger partial charge in [0.2, 0.25) is 88.6 Å². The number of thiol groups is 3. The van der Waals surface area contributed by atoms with Gasteiger partial charge in [0.25, 0.3) is 0 Å². The van der Waals surface area contributed by atoms with Crippen LogP contribution in [0.4, 0.5) is 0 Å². The first-order valence-corrected chi connectivity index (χ1v) is 40.4. The number of aliphatic hydroxyl groups is 1. The maximum Gasteiger partial charge on any atom is 0.327 e. The number of aliphatic imine (C=N–C) groups is 2. The summed E-state index contributed by atoms with van der Waals surface area (Å²) in [6.07, 6.45) is -1.29. The fraction of sp³-hybridized carbons (Fsp3) is 0.658. The molecule has 0 radical (unpaired) electrons. The summed E-state index contributed by atoms with van der Waals surface area (Å²) in [5.74, 6) is -21.4. The van der Waals surface area contributed by atoms with Crippen molar-refractivity contribution in [2.45, 2.75) is 219 Å². The van der Waals surface area contributed by atoms with Crippen molar-refractivity contribution in [1.29, 1.82) is 0 Å². The van der Waals surface area contributed by atoms with E-state index in [1.165, 1.54) is 27.7 Å². The van der Waals surface area contributed by atoms with Gasteiger partial charge in [-0.15, -0.1) is 0 Å². The molecule has 45 heteroatoms. The molecule has 0 fully saturated rings. The van der Waals surface area contributed by atoms with Crippen molar-refractivity contribution in [3.63, 3.8) is 0 Å². The van der Waals surface area contributed by atoms with Crippen molar-refractivity contribution in [2.75, 3.05) is 50.0 Å². The lowest BCUT2D eigenvalue weighted by Gasteiger charge is -2.29. The van der Waals surface area contributed by atoms with Gasteiger partial charge in [-0.2, -0.15) is 37.9 Å². The summed E-state index contributed by atoms with van der Waals surface area (Å²) in [5.41, 5.74) is 28.5. The number of nitrogens with one attached hydrogen (secondary N) is 15. The van der Waals surface area contributed by atoms with E-state index in [1.54, 1.807) is 85.7 Å². The molecule has 1 aromatic rings. The van der Waals surface area contributed by atoms with E-state index >= 15 is 0 Å². The van der Waals surface area contributed by atoms with Crippen LogP contribution in [0.3, 0.4) is 0 Å². The van der Waals surface area contributed by atoms with Crippen molar-refractivity contribution in [1.82, 2.24) is 79.8 Å². The molecule has 1 rings (SSSR count). The van der Waals surface area contributed by atoms with Gasteiger partial charge in [-0.1, -0.05) is 113 Å². The molecule has 0 aliphatic carbocycles. The Morgan fingerprint density at radius 1 is 0.373 bits per heavy atom. The highest BCUT2D eigenvalue weighted by molar-refractivity contribution is 7.80. The standard InChI is InChI=1S/C73H124N22O20S3/c1-34(2)26-44(86-66(109)53(74)35(3)4)62(105)88-46(30-96)64(107)95-57(39(11)12)70(113)90-48(32-117)65(108)84-43(22-23-52(99)100)61(104)93-56(38(9)10)69(112)89-47(31-116)58(101)82-28-50(97)81-29-51(98)92-54(36(5)6)67(110)87-45(27-40-18-14-13-15-19-40)63(106)94-55(37(7)8)68(111)85-42(21-17-25-80-73(77)78)59(102)83-41(20-16-24-79-72(75)76)60(103)91-49(33-118)71(114)115/h13-15,18-19,34-39,41-49,53-57,96,116-118H,16-17,20-33,74H2,1-12H3,(H,81,97)(H,82,101)(H,83,102)(H,84,108)(H,85,111)(H,86,109)(H,87,110)(H,88,105)(H,89,112)(H,90,113)(H,91,103)(H,92,98)(H,93,104)(H,94,106)(H,95,107)(H,99,100)(H,114,115)(H4,75,76,79)(H4,77,78,80)/t41-,42-,43-,44-,45-,46-,47-,48-,49-,53-,54-,55-,56-,57-/m0/s1. The van der Waals surface area contributed by atoms with Crippen LogP contribution in [0.25, 0.3) is 0 Å². The molecule has 14 atom stereocenters. The molecule has 0 bridgehead atoms. The predicted molar refractivity (Wildman–Crippen MR) is 446 cm³/mol. The molecule has 28 N–H and O–H groups in total. The number of carboxylic acid groups (broad SMARTS) is 2. The van der Waals surface area contributed by atoms with E-state index < -0.39 is 247 Å². The number of carbonyl (C=O) groups excluding carboxylic acids is 15. The lowest BCUT2D eigenvalue weighted by Crippen LogP contribution is -2.62. The highest BCUT2D eigenvalue weighted by atomic mass is 32.1. The van der Waals surface area contributed by atoms with Gasteiger partial charge in [0.15, 0.2) is 11.9 Å². The second kappa shape index (κ2) is 54.7. The Kier molecular flexibility index (Phi) is 49.0. The third-order valence-electron chi connectivity index (χ3n) is 17.8. The van der Waals surface area contributed by atoms with Gasteiger partial charge in [-0.25, -0.2) is 4.79 Å². The lowest BCUT2D eigenvalue weighted by molar-refractivity contribution is -0.141. The van der Waals surface area contributed by atoms with Gasteiger partial charge in [0.1, 0.15) is 78.5 Å². The van der Waals surface area contributed by atoms with Crippen LogP contribution in [0.2, 0.25) is 0 Å². The van der Waals surface area contributed by atoms with E-state index in [4.69, 9.17) is 28.7 Å². The first kappa shape index (κ1) is 106. The number of nitrogens with two attached hydrogens (primary N) is 5. The molecule has 0 spiro atoms. The summed E-state index contributed by atoms with van der Waals surface area (Å²) >= 11 is 12.4. The molecule has 664 valence electrons. The summed E-state index contributed by atoms with van der Waals surface area (Å²) in [4.78, 5) is 238. The van der Waals surface area contributed by atoms with Crippen molar-refractivity contribution >= 4 is 150 Å². The van der Waals surface area contributed by atoms with Gasteiger partial charge in [-0.05, 0) is 79.6 Å². The quantitative estimate of drug-likeness (QED) is 0.0125. The van der Waals surface area contributed by atoms with Crippen LogP contribution in [0.15, 0.2) is 40.3 Å². The number of carboxylic acids is 2. The molecule has 0 aliphatic heterocycles. The van der Waals surface area contributed by atoms with E-state index in [2.05, 4.69) is 128 Å². The van der Waals surface area contributed by atoms with Crippen LogP contribution in [0.5, 0.6) is 0 Å². The van der Waals surface area contributed by atoms with Crippen molar-refractivity contribution in [2.24, 2.45) is 74.2 Å². The number of amides is 15. The molecule has 118 heavy (non-hydrogen) atoms. The second-order valence-electron chi connectivity index (χ2n) is 30.0. The number of carbonyl (C=O) groups is 17. The summed E-state index contributed by atoms with van der Waals surface area (Å²) in [5, 5.41) is 66.6. The molecule has 0 aliphatic rings. The van der Waals surface area contributed by atoms with Crippen LogP contribution in [-0.4, -0.2) is 262 Å². The molecule has 1 aromatic carbocycles. The van der Waals surface area contributed by atoms with Crippen LogP contribution < -0.4 is 108 Å². The molecule has 15 amide bonds. The molecule has 42 nitrogen and oxygen atoms in total. The Morgan fingerprint density at radius 2 is 0.712 bits per heavy atom. The lowest BCUT2D eigenvalue weighted by atomic mass is 9.99. The number of nitrogens with zero attached hydrogens (tertiary/aromatic N) is 2. The van der Waals surface area contributed by atoms with E-state index in [1.807, 2.05) is 0 Å². The molecular weight excluding hydrogens is 1600 g/mol. The molecule has 0 aromatic heterocycles. The SMILES string of the molecule is CC(C)C[C@H](NC(=O)[C@@H](N)C(C)C)C(=O)N[C@@H](CO)C(=O)N[C@H](C(=O)N[C@@H](CS)C(=O)N[C@@H](CCC(=O)O)C(=O)N[C@H](C(=O)N[C@@H](CS)C(=O)NCC(=O)NCC(=O)N[C@H](C(=O)N[C@@H](Cc1ccccc1)C(=O)N[C@H](C(=O)N[C@@H](CCCN=C(N)N)C(=O)N[C@@H](CCCN=C(N)N)C(=O)N[C@@H](CS)C(=O)O)C(C)C)C(C)C)C(C)C)C(C)C. The summed E-state index contributed by atoms with van der Waals surface area (Å²) in [7, 11) is 0. The fourth-order valence-corrected chi connectivity index (χ4v) is 11.7. The molecular formula is C73H124N22O20S3. The maximum atomic E-state index is 14.5. The van der Waals surface area contributed by atoms with Gasteiger partial charge >= 0.3 is 11.9 Å². The predicted octanol–water partition coefficient (Wildman–Crippen LogP) is -6.74. The smallest absolute Gasteiger partial charge is 0.327 e. The van der Waals surface area contributed by atoms with Gasteiger partial charge in [0.05, 0.1) is 25.7 Å². The zero-order valence-corrected chi connectivity index (χ0v) is 71.3. The Labute approximate surface area is 702 Å². The normalized spacial score (nSPS) is 14.8. The van der Waals surface area contributed by atoms with E-state index in [0.717, 1.165) is 0 Å². The zero-order chi connectivity index (χ0) is 90.0. The van der Waals surface area contributed by atoms with Crippen LogP contribution >= 0.6 is 37.9 Å². The van der Waals surface area contributed by atoms with Gasteiger partial charge < -0.3 is 124 Å². The van der Waals surface area contributed by atoms with Crippen LogP contribution in [0.1, 0.15) is 134 Å². The van der Waals surface area contributed by atoms with Gasteiger partial charge in [-0.3, -0.25) is 86.7 Å². The third kappa shape index (κ3) is 39.8. The number of rotatable bonds is 55. The Balaban J connectivity index is 3.30. The molecule has 0 unspecified atom stereocenters. The fourth-order valence-electron chi connectivity index (χ4n) is 11.0. The number of hydrogen-bond acceptors (Lipinski definition) is 24. The topological polar surface area (TPSA) is 686 Å². The highest BCUT2D eigenvalue weighted by Gasteiger charge is 2.39. The molecule has 0 saturated heterocycles. The largest absolute Gasteiger partial charge is 0.481 e. The summed E-state index contributed by atoms with van der Waals surface area (Å²) in [6.45, 7) is 16.9. The van der Waals surface area contributed by atoms with Crippen molar-refractivity contribution < 1.29 is 96.8 Å². The minimum Gasteiger partial charge on any atom is -0.481 e. The van der Waals surface area contributed by atoms with Crippen molar-refractivity contribution in [3.8, 4) is 0 Å². The average Bonchev–Trinajstić information content (AvgIpc) is 0.852. The van der Waals surface area contributed by atoms with Crippen LogP contribution in [0, 0.1) is 35.5 Å². The minimum atomic E-state index is -1.69. The van der Waals surface area contributed by atoms with E-state index in [9.17, 15) is 96.8 Å². The zero-order valence-electron chi connectivity index (χ0n) is 68.7. The Bertz CT molecular complexity index is 3610. The monoisotopic (exact) mass is 1720 g/mol. The minimum absolute atomic E-state index is 0.00598. The number of aliphatic carboxylic acids is 2. The second-order valence-corrected chi connectivity index (χ2v) is 31.1. The first-order valence-electron chi connectivity index (χ1n) is 38.5. The van der Waals surface area contributed by atoms with Gasteiger partial charge in [0, 0.05) is 43.2 Å². The number of guanidine groups is 2. The first-order chi connectivity index (χ1) is 55.2. The van der Waals surface area contributed by atoms with Crippen LogP contribution in [-0.2, 0) is 87.9 Å². The average molecular weight is 1730 g/mol. The highest BCUT2D eigenvalue weighted by Crippen LogP contribution is 2.15. The van der Waals surface area contributed by atoms with E-state index in [-0.39, 0.29) is 86.9 Å². The van der Waals surface area contributed by atoms with E-state index in [0.29, 0.717) is 5.56 Å². The number of aliphatic hydroxyl groups excluding tert-OH is 1. The summed E-state index contributed by atoms with van der Waals surface area (Å²) < 4.78 is 0. The summed E-state index contributed by atoms with van der Waals surface area (Å²) in [6, 6.07) is -11.5. The third-order valence-corrected chi connectivity index (χ3v) is 18.9. The molecule has 0 saturated carbocycles. The number of benzene rings is 1. The molecule has 0 heterocycles. The number of hydrogen-bond donors (Lipinski definition) is 26. The Hall–Kier alpha value is -10.3.